The second-order valence-corrected chi connectivity index (χ2v) is 4.93. The third-order valence-electron chi connectivity index (χ3n) is 3.17. The number of carbonyl (C=O) groups is 1. The molecule has 1 N–H and O–H groups in total. The highest BCUT2D eigenvalue weighted by Gasteiger charge is 2.38. The molecule has 0 unspecified atom stereocenters. The third kappa shape index (κ3) is 3.84. The maximum absolute atomic E-state index is 12.1. The molecule has 3 rings (SSSR count). The van der Waals surface area contributed by atoms with E-state index in [2.05, 4.69) is 15.3 Å². The van der Waals surface area contributed by atoms with Crippen molar-refractivity contribution in [1.29, 1.82) is 0 Å². The number of aromatic nitrogens is 4. The van der Waals surface area contributed by atoms with E-state index in [1.165, 1.54) is 10.6 Å². The first-order chi connectivity index (χ1) is 11.9. The maximum Gasteiger partial charge on any atom is 0.471 e. The number of carbonyl (C=O) groups excluding carboxylic acids is 1. The second kappa shape index (κ2) is 6.75. The van der Waals surface area contributed by atoms with Gasteiger partial charge in [-0.05, 0) is 6.07 Å². The van der Waals surface area contributed by atoms with E-state index in [0.29, 0.717) is 11.5 Å². The first-order valence-corrected chi connectivity index (χ1v) is 7.21. The molecule has 10 heteroatoms. The molecule has 0 atom stereocenters. The molecule has 2 heterocycles. The van der Waals surface area contributed by atoms with Crippen LogP contribution in [-0.2, 0) is 4.79 Å². The van der Waals surface area contributed by atoms with Gasteiger partial charge in [0, 0.05) is 11.6 Å². The maximum atomic E-state index is 12.1. The Bertz CT molecular complexity index is 880. The van der Waals surface area contributed by atoms with E-state index in [4.69, 9.17) is 4.74 Å². The molecule has 0 aliphatic rings. The van der Waals surface area contributed by atoms with Gasteiger partial charge in [-0.15, -0.1) is 15.3 Å². The van der Waals surface area contributed by atoms with Crippen molar-refractivity contribution in [2.45, 2.75) is 6.18 Å². The smallest absolute Gasteiger partial charge is 0.471 e. The second-order valence-electron chi connectivity index (χ2n) is 4.93. The van der Waals surface area contributed by atoms with Crippen LogP contribution in [0.1, 0.15) is 0 Å². The predicted molar refractivity (Wildman–Crippen MR) is 80.8 cm³/mol. The number of halogens is 3. The van der Waals surface area contributed by atoms with Crippen LogP contribution < -0.4 is 10.1 Å². The Morgan fingerprint density at radius 1 is 1.12 bits per heavy atom. The highest BCUT2D eigenvalue weighted by Crippen LogP contribution is 2.18. The zero-order valence-corrected chi connectivity index (χ0v) is 12.7. The molecule has 25 heavy (non-hydrogen) atoms. The topological polar surface area (TPSA) is 81.4 Å². The number of hydrogen-bond acceptors (Lipinski definition) is 5. The first kappa shape index (κ1) is 16.7. The summed E-state index contributed by atoms with van der Waals surface area (Å²) in [7, 11) is 0. The quantitative estimate of drug-likeness (QED) is 0.710. The molecule has 1 amide bonds. The molecular formula is C15H12F3N5O2. The molecule has 0 spiro atoms. The summed E-state index contributed by atoms with van der Waals surface area (Å²) in [6.45, 7) is -0.463. The first-order valence-electron chi connectivity index (χ1n) is 7.21. The molecule has 0 fully saturated rings. The van der Waals surface area contributed by atoms with Gasteiger partial charge >= 0.3 is 12.1 Å². The monoisotopic (exact) mass is 351 g/mol. The minimum absolute atomic E-state index is 0.164. The Labute approximate surface area is 139 Å². The number of amides is 1. The van der Waals surface area contributed by atoms with Crippen LogP contribution in [0.5, 0.6) is 5.88 Å². The van der Waals surface area contributed by atoms with E-state index in [9.17, 15) is 18.0 Å². The molecule has 130 valence electrons. The standard InChI is InChI=1S/C15H12F3N5O2/c16-15(17,18)14(24)19-8-9-25-12-7-6-11-20-21-13(23(11)22-12)10-4-2-1-3-5-10/h1-7H,8-9H2,(H,19,24). The van der Waals surface area contributed by atoms with Crippen molar-refractivity contribution in [3.63, 3.8) is 0 Å². The highest BCUT2D eigenvalue weighted by atomic mass is 19.4. The van der Waals surface area contributed by atoms with Gasteiger partial charge in [-0.2, -0.15) is 17.7 Å². The number of nitrogens with zero attached hydrogens (tertiary/aromatic N) is 4. The van der Waals surface area contributed by atoms with Crippen LogP contribution in [0.3, 0.4) is 0 Å². The van der Waals surface area contributed by atoms with Crippen LogP contribution in [-0.4, -0.2) is 45.0 Å². The van der Waals surface area contributed by atoms with Gasteiger partial charge in [-0.25, -0.2) is 0 Å². The lowest BCUT2D eigenvalue weighted by Gasteiger charge is -2.09. The van der Waals surface area contributed by atoms with E-state index >= 15 is 0 Å². The van der Waals surface area contributed by atoms with E-state index in [0.717, 1.165) is 5.56 Å². The molecule has 7 nitrogen and oxygen atoms in total. The lowest BCUT2D eigenvalue weighted by molar-refractivity contribution is -0.173. The third-order valence-corrected chi connectivity index (χ3v) is 3.17. The van der Waals surface area contributed by atoms with E-state index in [1.54, 1.807) is 11.4 Å². The number of ether oxygens (including phenoxy) is 1. The SMILES string of the molecule is O=C(NCCOc1ccc2nnc(-c3ccccc3)n2n1)C(F)(F)F. The van der Waals surface area contributed by atoms with Crippen molar-refractivity contribution in [3.05, 3.63) is 42.5 Å². The molecule has 0 radical (unpaired) electrons. The fourth-order valence-electron chi connectivity index (χ4n) is 2.04. The van der Waals surface area contributed by atoms with Gasteiger partial charge < -0.3 is 10.1 Å². The van der Waals surface area contributed by atoms with Crippen LogP contribution in [0.2, 0.25) is 0 Å². The average molecular weight is 351 g/mol. The van der Waals surface area contributed by atoms with Gasteiger partial charge in [0.25, 0.3) is 0 Å². The minimum atomic E-state index is -4.91. The lowest BCUT2D eigenvalue weighted by Crippen LogP contribution is -2.38. The summed E-state index contributed by atoms with van der Waals surface area (Å²) in [6, 6.07) is 12.4. The van der Waals surface area contributed by atoms with Crippen LogP contribution in [0.25, 0.3) is 17.0 Å². The van der Waals surface area contributed by atoms with Crippen LogP contribution >= 0.6 is 0 Å². The van der Waals surface area contributed by atoms with Crippen molar-refractivity contribution in [3.8, 4) is 17.3 Å². The van der Waals surface area contributed by atoms with Gasteiger partial charge in [0.15, 0.2) is 11.5 Å². The van der Waals surface area contributed by atoms with Crippen LogP contribution in [0.4, 0.5) is 13.2 Å². The number of rotatable bonds is 5. The van der Waals surface area contributed by atoms with Crippen LogP contribution in [0.15, 0.2) is 42.5 Å². The number of fused-ring (bicyclic) bond motifs is 1. The highest BCUT2D eigenvalue weighted by molar-refractivity contribution is 5.81. The molecule has 0 bridgehead atoms. The molecule has 0 aliphatic carbocycles. The summed E-state index contributed by atoms with van der Waals surface area (Å²) in [4.78, 5) is 10.7. The number of nitrogens with one attached hydrogen (secondary N) is 1. The molecule has 0 aliphatic heterocycles. The summed E-state index contributed by atoms with van der Waals surface area (Å²) in [5.74, 6) is -1.33. The average Bonchev–Trinajstić information content (AvgIpc) is 3.01. The van der Waals surface area contributed by atoms with Crippen molar-refractivity contribution in [2.24, 2.45) is 0 Å². The molecule has 2 aromatic heterocycles. The predicted octanol–water partition coefficient (Wildman–Crippen LogP) is 1.85. The minimum Gasteiger partial charge on any atom is -0.475 e. The van der Waals surface area contributed by atoms with Crippen molar-refractivity contribution < 1.29 is 22.7 Å². The van der Waals surface area contributed by atoms with E-state index in [-0.39, 0.29) is 19.0 Å². The summed E-state index contributed by atoms with van der Waals surface area (Å²) in [5.41, 5.74) is 1.30. The summed E-state index contributed by atoms with van der Waals surface area (Å²) in [5, 5.41) is 14.0. The zero-order chi connectivity index (χ0) is 17.9. The molecule has 0 saturated heterocycles. The summed E-state index contributed by atoms with van der Waals surface area (Å²) in [6.07, 6.45) is -4.91. The van der Waals surface area contributed by atoms with Crippen molar-refractivity contribution >= 4 is 11.6 Å². The normalized spacial score (nSPS) is 11.5. The Kier molecular flexibility index (Phi) is 4.50. The van der Waals surface area contributed by atoms with Gasteiger partial charge in [0.05, 0.1) is 6.54 Å². The summed E-state index contributed by atoms with van der Waals surface area (Å²) >= 11 is 0. The van der Waals surface area contributed by atoms with Crippen LogP contribution in [0, 0.1) is 0 Å². The van der Waals surface area contributed by atoms with Crippen molar-refractivity contribution in [1.82, 2.24) is 25.1 Å². The van der Waals surface area contributed by atoms with Crippen molar-refractivity contribution in [2.75, 3.05) is 13.2 Å². The van der Waals surface area contributed by atoms with Gasteiger partial charge in [0.2, 0.25) is 5.88 Å². The van der Waals surface area contributed by atoms with E-state index in [1.807, 2.05) is 30.3 Å². The molecular weight excluding hydrogens is 339 g/mol. The van der Waals surface area contributed by atoms with Gasteiger partial charge in [-0.3, -0.25) is 4.79 Å². The molecule has 1 aromatic carbocycles. The Morgan fingerprint density at radius 3 is 2.60 bits per heavy atom. The number of benzene rings is 1. The number of hydrogen-bond donors (Lipinski definition) is 1. The van der Waals surface area contributed by atoms with E-state index < -0.39 is 12.1 Å². The lowest BCUT2D eigenvalue weighted by atomic mass is 10.2. The largest absolute Gasteiger partial charge is 0.475 e. The molecule has 0 saturated carbocycles. The molecule has 3 aromatic rings. The van der Waals surface area contributed by atoms with Gasteiger partial charge in [0.1, 0.15) is 6.61 Å². The Balaban J connectivity index is 1.68. The Morgan fingerprint density at radius 2 is 1.88 bits per heavy atom. The summed E-state index contributed by atoms with van der Waals surface area (Å²) < 4.78 is 42.9. The van der Waals surface area contributed by atoms with Gasteiger partial charge in [-0.1, -0.05) is 30.3 Å². The zero-order valence-electron chi connectivity index (χ0n) is 12.7. The number of alkyl halides is 3. The fourth-order valence-corrected chi connectivity index (χ4v) is 2.04. The fraction of sp³-hybridized carbons (Fsp3) is 0.200. The Hall–Kier alpha value is -3.17.